The number of rotatable bonds is 55. The van der Waals surface area contributed by atoms with Gasteiger partial charge in [-0.2, -0.15) is 0 Å². The lowest BCUT2D eigenvalue weighted by atomic mass is 10.0. The van der Waals surface area contributed by atoms with E-state index in [1.54, 1.807) is 6.08 Å². The highest BCUT2D eigenvalue weighted by molar-refractivity contribution is 5.76. The Morgan fingerprint density at radius 3 is 1.08 bits per heavy atom. The van der Waals surface area contributed by atoms with Crippen LogP contribution >= 0.6 is 0 Å². The van der Waals surface area contributed by atoms with E-state index in [-0.39, 0.29) is 18.5 Å². The maximum Gasteiger partial charge on any atom is 0.305 e. The zero-order chi connectivity index (χ0) is 47.9. The molecular weight excluding hydrogens is 815 g/mol. The number of allylic oxidation sites excluding steroid dienone is 3. The fraction of sp³-hybridized carbons (Fsp3) is 0.900. The zero-order valence-electron chi connectivity index (χ0n) is 44.4. The van der Waals surface area contributed by atoms with Crippen LogP contribution in [0.3, 0.4) is 0 Å². The normalized spacial score (nSPS) is 12.7. The summed E-state index contributed by atoms with van der Waals surface area (Å²) in [5, 5.41) is 23.2. The molecule has 0 aliphatic carbocycles. The Morgan fingerprint density at radius 2 is 0.712 bits per heavy atom. The molecule has 2 atom stereocenters. The fourth-order valence-electron chi connectivity index (χ4n) is 9.16. The zero-order valence-corrected chi connectivity index (χ0v) is 44.4. The summed E-state index contributed by atoms with van der Waals surface area (Å²) >= 11 is 0. The Kier molecular flexibility index (Phi) is 54.5. The van der Waals surface area contributed by atoms with Gasteiger partial charge in [-0.05, 0) is 57.8 Å². The van der Waals surface area contributed by atoms with Crippen LogP contribution in [0.25, 0.3) is 0 Å². The van der Waals surface area contributed by atoms with E-state index in [0.29, 0.717) is 19.4 Å². The minimum atomic E-state index is -0.852. The van der Waals surface area contributed by atoms with Crippen LogP contribution in [0.1, 0.15) is 322 Å². The predicted octanol–water partition coefficient (Wildman–Crippen LogP) is 18.2. The van der Waals surface area contributed by atoms with Crippen LogP contribution in [0.5, 0.6) is 0 Å². The van der Waals surface area contributed by atoms with Gasteiger partial charge in [0.2, 0.25) is 5.91 Å². The quantitative estimate of drug-likeness (QED) is 0.0321. The molecule has 66 heavy (non-hydrogen) atoms. The molecule has 3 N–H and O–H groups in total. The molecule has 0 rings (SSSR count). The van der Waals surface area contributed by atoms with Crippen molar-refractivity contribution < 1.29 is 24.5 Å². The van der Waals surface area contributed by atoms with Crippen molar-refractivity contribution in [3.63, 3.8) is 0 Å². The van der Waals surface area contributed by atoms with Gasteiger partial charge in [-0.1, -0.05) is 276 Å². The van der Waals surface area contributed by atoms with Gasteiger partial charge in [0.15, 0.2) is 0 Å². The molecule has 2 unspecified atom stereocenters. The summed E-state index contributed by atoms with van der Waals surface area (Å²) in [6.45, 7) is 4.90. The lowest BCUT2D eigenvalue weighted by molar-refractivity contribution is -0.143. The highest BCUT2D eigenvalue weighted by Crippen LogP contribution is 2.17. The molecule has 0 spiro atoms. The number of aliphatic hydroxyl groups is 2. The summed E-state index contributed by atoms with van der Waals surface area (Å²) in [6, 6.07) is -0.637. The Labute approximate surface area is 411 Å². The van der Waals surface area contributed by atoms with E-state index < -0.39 is 12.1 Å². The molecular formula is C60H115NO5. The second-order valence-electron chi connectivity index (χ2n) is 20.3. The molecule has 0 aromatic carbocycles. The van der Waals surface area contributed by atoms with E-state index >= 15 is 0 Å². The molecule has 0 radical (unpaired) electrons. The summed E-state index contributed by atoms with van der Waals surface area (Å²) in [5.41, 5.74) is 0. The Morgan fingerprint density at radius 1 is 0.409 bits per heavy atom. The van der Waals surface area contributed by atoms with Gasteiger partial charge in [-0.25, -0.2) is 0 Å². The van der Waals surface area contributed by atoms with Gasteiger partial charge in [0, 0.05) is 12.8 Å². The number of nitrogens with one attached hydrogen (secondary N) is 1. The van der Waals surface area contributed by atoms with Crippen LogP contribution in [0, 0.1) is 0 Å². The van der Waals surface area contributed by atoms with Crippen LogP contribution in [0.2, 0.25) is 0 Å². The molecule has 6 heteroatoms. The minimum absolute atomic E-state index is 0.000905. The highest BCUT2D eigenvalue weighted by atomic mass is 16.5. The van der Waals surface area contributed by atoms with Crippen LogP contribution in [-0.2, 0) is 14.3 Å². The van der Waals surface area contributed by atoms with E-state index in [2.05, 4.69) is 31.3 Å². The largest absolute Gasteiger partial charge is 0.466 e. The van der Waals surface area contributed by atoms with Gasteiger partial charge in [0.05, 0.1) is 25.4 Å². The van der Waals surface area contributed by atoms with E-state index in [1.807, 2.05) is 6.08 Å². The lowest BCUT2D eigenvalue weighted by Gasteiger charge is -2.20. The van der Waals surface area contributed by atoms with Crippen LogP contribution in [-0.4, -0.2) is 47.4 Å². The summed E-state index contributed by atoms with van der Waals surface area (Å²) in [4.78, 5) is 24.5. The van der Waals surface area contributed by atoms with Gasteiger partial charge in [-0.3, -0.25) is 9.59 Å². The van der Waals surface area contributed by atoms with Crippen LogP contribution < -0.4 is 5.32 Å². The third-order valence-electron chi connectivity index (χ3n) is 13.7. The monoisotopic (exact) mass is 930 g/mol. The number of carbonyl (C=O) groups excluding carboxylic acids is 2. The van der Waals surface area contributed by atoms with Crippen molar-refractivity contribution in [2.45, 2.75) is 334 Å². The topological polar surface area (TPSA) is 95.9 Å². The maximum atomic E-state index is 12.5. The average Bonchev–Trinajstić information content (AvgIpc) is 3.32. The summed E-state index contributed by atoms with van der Waals surface area (Å²) in [7, 11) is 0. The van der Waals surface area contributed by atoms with E-state index in [4.69, 9.17) is 4.74 Å². The first-order valence-electron chi connectivity index (χ1n) is 29.6. The Balaban J connectivity index is 3.49. The van der Waals surface area contributed by atoms with Crippen molar-refractivity contribution in [3.8, 4) is 0 Å². The summed E-state index contributed by atoms with van der Waals surface area (Å²) < 4.78 is 5.46. The number of aliphatic hydroxyl groups excluding tert-OH is 2. The SMILES string of the molecule is CCCCCCCCCCCCCCCCCCC/C=C/C(O)C(CO)NC(=O)CCCCCCCCC/C=C\CCCCCCCCOC(=O)CCCCCCCCCCCCCCC. The number of carbonyl (C=O) groups is 2. The van der Waals surface area contributed by atoms with Crippen LogP contribution in [0.15, 0.2) is 24.3 Å². The molecule has 0 saturated carbocycles. The van der Waals surface area contributed by atoms with Gasteiger partial charge in [0.25, 0.3) is 0 Å². The van der Waals surface area contributed by atoms with Crippen molar-refractivity contribution >= 4 is 11.9 Å². The molecule has 0 aromatic heterocycles. The molecule has 0 aliphatic rings. The van der Waals surface area contributed by atoms with E-state index in [9.17, 15) is 19.8 Å². The molecule has 0 fully saturated rings. The number of amides is 1. The predicted molar refractivity (Wildman–Crippen MR) is 287 cm³/mol. The first kappa shape index (κ1) is 64.3. The van der Waals surface area contributed by atoms with Crippen molar-refractivity contribution in [2.75, 3.05) is 13.2 Å². The Hall–Kier alpha value is -1.66. The molecule has 0 heterocycles. The molecule has 0 aliphatic heterocycles. The first-order chi connectivity index (χ1) is 32.5. The van der Waals surface area contributed by atoms with E-state index in [0.717, 1.165) is 57.8 Å². The lowest BCUT2D eigenvalue weighted by Crippen LogP contribution is -2.45. The third-order valence-corrected chi connectivity index (χ3v) is 13.7. The fourth-order valence-corrected chi connectivity index (χ4v) is 9.16. The molecule has 6 nitrogen and oxygen atoms in total. The number of ether oxygens (including phenoxy) is 1. The number of esters is 1. The summed E-state index contributed by atoms with van der Waals surface area (Å²) in [6.07, 6.45) is 67.7. The van der Waals surface area contributed by atoms with E-state index in [1.165, 1.54) is 238 Å². The average molecular weight is 931 g/mol. The summed E-state index contributed by atoms with van der Waals surface area (Å²) in [5.74, 6) is -0.0785. The van der Waals surface area contributed by atoms with Gasteiger partial charge in [0.1, 0.15) is 0 Å². The molecule has 0 aromatic rings. The van der Waals surface area contributed by atoms with Crippen molar-refractivity contribution in [2.24, 2.45) is 0 Å². The second kappa shape index (κ2) is 55.9. The number of unbranched alkanes of at least 4 members (excludes halogenated alkanes) is 42. The number of hydrogen-bond donors (Lipinski definition) is 3. The maximum absolute atomic E-state index is 12.5. The number of hydrogen-bond acceptors (Lipinski definition) is 5. The van der Waals surface area contributed by atoms with Crippen molar-refractivity contribution in [3.05, 3.63) is 24.3 Å². The molecule has 0 saturated heterocycles. The minimum Gasteiger partial charge on any atom is -0.466 e. The Bertz CT molecular complexity index is 1030. The third kappa shape index (κ3) is 51.7. The standard InChI is InChI=1S/C60H115NO5/c1-3-5-7-9-11-13-15-17-18-19-20-22-25-29-32-36-40-44-48-52-58(63)57(56-62)61-59(64)53-49-45-41-37-33-30-26-23-21-24-27-31-35-39-43-47-51-55-66-60(65)54-50-46-42-38-34-28-16-14-12-10-8-6-4-2/h21,24,48,52,57-58,62-63H,3-20,22-23,25-47,49-51,53-56H2,1-2H3,(H,61,64)/b24-21-,52-48+. The first-order valence-corrected chi connectivity index (χ1v) is 29.6. The van der Waals surface area contributed by atoms with Crippen molar-refractivity contribution in [1.29, 1.82) is 0 Å². The van der Waals surface area contributed by atoms with Gasteiger partial charge < -0.3 is 20.3 Å². The molecule has 390 valence electrons. The van der Waals surface area contributed by atoms with Crippen LogP contribution in [0.4, 0.5) is 0 Å². The molecule has 1 amide bonds. The van der Waals surface area contributed by atoms with Crippen molar-refractivity contribution in [1.82, 2.24) is 5.32 Å². The molecule has 0 bridgehead atoms. The highest BCUT2D eigenvalue weighted by Gasteiger charge is 2.18. The van der Waals surface area contributed by atoms with Gasteiger partial charge in [-0.15, -0.1) is 0 Å². The second-order valence-corrected chi connectivity index (χ2v) is 20.3. The smallest absolute Gasteiger partial charge is 0.305 e. The van der Waals surface area contributed by atoms with Gasteiger partial charge >= 0.3 is 5.97 Å².